The third kappa shape index (κ3) is 2.39. The standard InChI is InChI=1S/C25H14O6/c1-11-6-13-9-17-18(23(27)30-22(17)26)10-15(13)16(7-11)20-14-5-3-2-4-12(14)8-19-21(20)25(29)31-24(19)28/h2-10,14,20H,1H3. The molecular formula is C25H14O6. The summed E-state index contributed by atoms with van der Waals surface area (Å²) in [7, 11) is 0. The van der Waals surface area contributed by atoms with Gasteiger partial charge in [-0.15, -0.1) is 0 Å². The number of cyclic esters (lactones) is 4. The van der Waals surface area contributed by atoms with Crippen LogP contribution in [0.1, 0.15) is 37.8 Å². The molecule has 2 unspecified atom stereocenters. The maximum absolute atomic E-state index is 12.7. The molecule has 0 saturated heterocycles. The van der Waals surface area contributed by atoms with Gasteiger partial charge in [-0.05, 0) is 47.0 Å². The number of rotatable bonds is 1. The van der Waals surface area contributed by atoms with E-state index in [1.807, 2.05) is 43.4 Å². The van der Waals surface area contributed by atoms with Gasteiger partial charge >= 0.3 is 23.9 Å². The molecule has 0 N–H and O–H groups in total. The number of ether oxygens (including phenoxy) is 2. The van der Waals surface area contributed by atoms with Crippen LogP contribution >= 0.6 is 0 Å². The SMILES string of the molecule is Cc1cc(C2C3=C(C=C4C=CC=CC42)C(=O)OC3=O)c2cc3c(cc2c1)C(=O)OC3=O. The number of fused-ring (bicyclic) bond motifs is 3. The average molecular weight is 410 g/mol. The Morgan fingerprint density at radius 2 is 1.55 bits per heavy atom. The fourth-order valence-corrected chi connectivity index (χ4v) is 4.95. The molecule has 2 aromatic carbocycles. The second-order valence-electron chi connectivity index (χ2n) is 8.05. The molecule has 0 aromatic heterocycles. The molecule has 0 fully saturated rings. The smallest absolute Gasteiger partial charge is 0.346 e. The average Bonchev–Trinajstić information content (AvgIpc) is 3.18. The summed E-state index contributed by atoms with van der Waals surface area (Å²) in [4.78, 5) is 49.2. The lowest BCUT2D eigenvalue weighted by Crippen LogP contribution is -2.23. The van der Waals surface area contributed by atoms with Crippen LogP contribution in [-0.4, -0.2) is 23.9 Å². The number of carbonyl (C=O) groups excluding carboxylic acids is 4. The number of carbonyl (C=O) groups is 4. The van der Waals surface area contributed by atoms with Crippen LogP contribution in [0.2, 0.25) is 0 Å². The minimum absolute atomic E-state index is 0.172. The number of benzene rings is 2. The Bertz CT molecular complexity index is 1420. The zero-order valence-electron chi connectivity index (χ0n) is 16.3. The van der Waals surface area contributed by atoms with E-state index in [1.165, 1.54) is 0 Å². The van der Waals surface area contributed by atoms with E-state index in [1.54, 1.807) is 18.2 Å². The van der Waals surface area contributed by atoms with Crippen molar-refractivity contribution in [2.45, 2.75) is 12.8 Å². The molecular weight excluding hydrogens is 396 g/mol. The molecule has 0 saturated carbocycles. The normalized spacial score (nSPS) is 23.6. The van der Waals surface area contributed by atoms with E-state index in [4.69, 9.17) is 9.47 Å². The summed E-state index contributed by atoms with van der Waals surface area (Å²) in [6.45, 7) is 1.92. The molecule has 31 heavy (non-hydrogen) atoms. The van der Waals surface area contributed by atoms with Crippen molar-refractivity contribution in [3.05, 3.63) is 93.6 Å². The van der Waals surface area contributed by atoms with Crippen LogP contribution < -0.4 is 0 Å². The molecule has 0 spiro atoms. The lowest BCUT2D eigenvalue weighted by atomic mass is 9.69. The Balaban J connectivity index is 1.67. The highest BCUT2D eigenvalue weighted by molar-refractivity contribution is 6.18. The lowest BCUT2D eigenvalue weighted by molar-refractivity contribution is -0.151. The fourth-order valence-electron chi connectivity index (χ4n) is 4.95. The molecule has 150 valence electrons. The molecule has 6 nitrogen and oxygen atoms in total. The van der Waals surface area contributed by atoms with Crippen LogP contribution in [0.3, 0.4) is 0 Å². The van der Waals surface area contributed by atoms with E-state index in [0.717, 1.165) is 27.5 Å². The first-order valence-electron chi connectivity index (χ1n) is 9.84. The van der Waals surface area contributed by atoms with E-state index >= 15 is 0 Å². The maximum Gasteiger partial charge on any atom is 0.346 e. The molecule has 2 aliphatic heterocycles. The maximum atomic E-state index is 12.7. The largest absolute Gasteiger partial charge is 0.386 e. The van der Waals surface area contributed by atoms with Crippen molar-refractivity contribution >= 4 is 34.6 Å². The zero-order valence-corrected chi connectivity index (χ0v) is 16.3. The summed E-state index contributed by atoms with van der Waals surface area (Å²) < 4.78 is 9.72. The zero-order chi connectivity index (χ0) is 21.4. The number of esters is 4. The predicted octanol–water partition coefficient (Wildman–Crippen LogP) is 3.60. The van der Waals surface area contributed by atoms with Crippen molar-refractivity contribution in [2.24, 2.45) is 5.92 Å². The van der Waals surface area contributed by atoms with Gasteiger partial charge in [0.05, 0.1) is 22.3 Å². The highest BCUT2D eigenvalue weighted by Crippen LogP contribution is 2.49. The van der Waals surface area contributed by atoms with Gasteiger partial charge < -0.3 is 9.47 Å². The van der Waals surface area contributed by atoms with E-state index in [-0.39, 0.29) is 22.6 Å². The van der Waals surface area contributed by atoms with Crippen molar-refractivity contribution in [1.29, 1.82) is 0 Å². The first-order valence-corrected chi connectivity index (χ1v) is 9.84. The minimum atomic E-state index is -0.687. The van der Waals surface area contributed by atoms with E-state index < -0.39 is 29.8 Å². The summed E-state index contributed by atoms with van der Waals surface area (Å²) in [6.07, 6.45) is 9.43. The van der Waals surface area contributed by atoms with Crippen LogP contribution in [0.15, 0.2) is 71.4 Å². The number of hydrogen-bond acceptors (Lipinski definition) is 6. The van der Waals surface area contributed by atoms with E-state index in [0.29, 0.717) is 5.57 Å². The van der Waals surface area contributed by atoms with Gasteiger partial charge in [-0.25, -0.2) is 19.2 Å². The topological polar surface area (TPSA) is 86.7 Å². The highest BCUT2D eigenvalue weighted by Gasteiger charge is 2.45. The van der Waals surface area contributed by atoms with Gasteiger partial charge in [0.2, 0.25) is 0 Å². The summed E-state index contributed by atoms with van der Waals surface area (Å²) in [6, 6.07) is 7.17. The summed E-state index contributed by atoms with van der Waals surface area (Å²) in [5.41, 5.74) is 3.65. The Morgan fingerprint density at radius 1 is 0.806 bits per heavy atom. The van der Waals surface area contributed by atoms with Crippen molar-refractivity contribution in [3.63, 3.8) is 0 Å². The van der Waals surface area contributed by atoms with Gasteiger partial charge in [0.15, 0.2) is 0 Å². The summed E-state index contributed by atoms with van der Waals surface area (Å²) >= 11 is 0. The molecule has 2 heterocycles. The molecule has 0 amide bonds. The van der Waals surface area contributed by atoms with Gasteiger partial charge in [-0.2, -0.15) is 0 Å². The first-order chi connectivity index (χ1) is 14.9. The molecule has 6 heteroatoms. The van der Waals surface area contributed by atoms with Crippen molar-refractivity contribution in [2.75, 3.05) is 0 Å². The molecule has 4 aliphatic rings. The quantitative estimate of drug-likeness (QED) is 0.527. The number of allylic oxidation sites excluding steroid dienone is 5. The van der Waals surface area contributed by atoms with E-state index in [2.05, 4.69) is 0 Å². The van der Waals surface area contributed by atoms with Crippen molar-refractivity contribution < 1.29 is 28.7 Å². The Morgan fingerprint density at radius 3 is 2.35 bits per heavy atom. The Kier molecular flexibility index (Phi) is 3.43. The molecule has 0 bridgehead atoms. The third-order valence-electron chi connectivity index (χ3n) is 6.23. The van der Waals surface area contributed by atoms with Crippen molar-refractivity contribution in [1.82, 2.24) is 0 Å². The first kappa shape index (κ1) is 17.8. The molecule has 2 atom stereocenters. The minimum Gasteiger partial charge on any atom is -0.386 e. The van der Waals surface area contributed by atoms with Crippen LogP contribution in [0.25, 0.3) is 10.8 Å². The molecule has 6 rings (SSSR count). The van der Waals surface area contributed by atoms with Gasteiger partial charge in [-0.3, -0.25) is 0 Å². The fraction of sp³-hybridized carbons (Fsp3) is 0.120. The predicted molar refractivity (Wildman–Crippen MR) is 109 cm³/mol. The second-order valence-corrected chi connectivity index (χ2v) is 8.05. The monoisotopic (exact) mass is 410 g/mol. The Labute approximate surface area is 176 Å². The Hall–Kier alpha value is -4.06. The van der Waals surface area contributed by atoms with Crippen LogP contribution in [-0.2, 0) is 19.1 Å². The number of hydrogen-bond donors (Lipinski definition) is 0. The number of aryl methyl sites for hydroxylation is 1. The third-order valence-corrected chi connectivity index (χ3v) is 6.23. The second kappa shape index (κ2) is 5.98. The van der Waals surface area contributed by atoms with Crippen molar-refractivity contribution in [3.8, 4) is 0 Å². The van der Waals surface area contributed by atoms with Crippen LogP contribution in [0.4, 0.5) is 0 Å². The van der Waals surface area contributed by atoms with Gasteiger partial charge in [0, 0.05) is 11.8 Å². The van der Waals surface area contributed by atoms with Crippen LogP contribution in [0.5, 0.6) is 0 Å². The molecule has 0 radical (unpaired) electrons. The highest BCUT2D eigenvalue weighted by atomic mass is 16.6. The van der Waals surface area contributed by atoms with Gasteiger partial charge in [0.25, 0.3) is 0 Å². The van der Waals surface area contributed by atoms with Gasteiger partial charge in [0.1, 0.15) is 0 Å². The molecule has 2 aromatic rings. The van der Waals surface area contributed by atoms with Crippen LogP contribution in [0, 0.1) is 12.8 Å². The summed E-state index contributed by atoms with van der Waals surface area (Å²) in [5, 5.41) is 1.48. The summed E-state index contributed by atoms with van der Waals surface area (Å²) in [5.74, 6) is -3.28. The molecule has 2 aliphatic carbocycles. The lowest BCUT2D eigenvalue weighted by Gasteiger charge is -2.32. The van der Waals surface area contributed by atoms with E-state index in [9.17, 15) is 19.2 Å². The van der Waals surface area contributed by atoms with Gasteiger partial charge in [-0.1, -0.05) is 42.0 Å².